The van der Waals surface area contributed by atoms with Gasteiger partial charge >= 0.3 is 0 Å². The normalized spacial score (nSPS) is 31.1. The fourth-order valence-electron chi connectivity index (χ4n) is 2.21. The van der Waals surface area contributed by atoms with Gasteiger partial charge in [0.25, 0.3) is 0 Å². The third kappa shape index (κ3) is 2.72. The number of ether oxygens (including phenoxy) is 2. The molecule has 2 aliphatic heterocycles. The topological polar surface area (TPSA) is 50.8 Å². The first-order valence-corrected chi connectivity index (χ1v) is 6.03. The van der Waals surface area contributed by atoms with Crippen LogP contribution in [0.3, 0.4) is 0 Å². The number of hydrogen-bond acceptors (Lipinski definition) is 4. The number of carbonyl (C=O) groups excluding carboxylic acids is 1. The number of rotatable bonds is 4. The summed E-state index contributed by atoms with van der Waals surface area (Å²) in [6, 6.07) is 0. The van der Waals surface area contributed by atoms with Gasteiger partial charge in [-0.3, -0.25) is 10.1 Å². The monoisotopic (exact) mass is 228 g/mol. The van der Waals surface area contributed by atoms with E-state index in [1.807, 2.05) is 4.90 Å². The minimum absolute atomic E-state index is 0.0388. The van der Waals surface area contributed by atoms with Crippen molar-refractivity contribution in [2.75, 3.05) is 32.9 Å². The van der Waals surface area contributed by atoms with Gasteiger partial charge in [-0.1, -0.05) is 13.3 Å². The van der Waals surface area contributed by atoms with E-state index in [4.69, 9.17) is 9.47 Å². The standard InChI is InChI=1S/C11H20N2O3/c1-2-3-10-12-6-11(14)13(10)7-9-8-15-4-5-16-9/h9-10,12H,2-8H2,1H3. The molecule has 2 heterocycles. The van der Waals surface area contributed by atoms with Crippen molar-refractivity contribution in [1.29, 1.82) is 0 Å². The maximum atomic E-state index is 11.7. The molecule has 0 radical (unpaired) electrons. The SMILES string of the molecule is CCCC1NCC(=O)N1CC1COCCO1. The molecule has 16 heavy (non-hydrogen) atoms. The Kier molecular flexibility index (Phi) is 4.15. The van der Waals surface area contributed by atoms with Crippen molar-refractivity contribution in [2.24, 2.45) is 0 Å². The lowest BCUT2D eigenvalue weighted by molar-refractivity contribution is -0.135. The molecule has 92 valence electrons. The number of carbonyl (C=O) groups is 1. The highest BCUT2D eigenvalue weighted by Crippen LogP contribution is 2.13. The summed E-state index contributed by atoms with van der Waals surface area (Å²) in [6.07, 6.45) is 2.29. The van der Waals surface area contributed by atoms with Gasteiger partial charge < -0.3 is 14.4 Å². The van der Waals surface area contributed by atoms with Gasteiger partial charge in [-0.2, -0.15) is 0 Å². The van der Waals surface area contributed by atoms with Crippen LogP contribution in [0.15, 0.2) is 0 Å². The van der Waals surface area contributed by atoms with E-state index in [0.29, 0.717) is 32.9 Å². The molecule has 1 amide bonds. The molecule has 0 aliphatic carbocycles. The lowest BCUT2D eigenvalue weighted by Crippen LogP contribution is -2.45. The van der Waals surface area contributed by atoms with Crippen molar-refractivity contribution >= 4 is 5.91 Å². The van der Waals surface area contributed by atoms with Gasteiger partial charge in [0, 0.05) is 0 Å². The van der Waals surface area contributed by atoms with E-state index >= 15 is 0 Å². The first-order valence-electron chi connectivity index (χ1n) is 6.03. The Hall–Kier alpha value is -0.650. The van der Waals surface area contributed by atoms with Crippen LogP contribution in [-0.2, 0) is 14.3 Å². The summed E-state index contributed by atoms with van der Waals surface area (Å²) in [5, 5.41) is 3.23. The van der Waals surface area contributed by atoms with Crippen LogP contribution in [0.4, 0.5) is 0 Å². The second kappa shape index (κ2) is 5.61. The van der Waals surface area contributed by atoms with E-state index in [0.717, 1.165) is 12.8 Å². The van der Waals surface area contributed by atoms with Gasteiger partial charge in [-0.05, 0) is 6.42 Å². The quantitative estimate of drug-likeness (QED) is 0.733. The highest BCUT2D eigenvalue weighted by Gasteiger charge is 2.32. The zero-order valence-electron chi connectivity index (χ0n) is 9.78. The van der Waals surface area contributed by atoms with E-state index in [9.17, 15) is 4.79 Å². The number of hydrogen-bond donors (Lipinski definition) is 1. The predicted molar refractivity (Wildman–Crippen MR) is 59.0 cm³/mol. The molecule has 0 aromatic rings. The van der Waals surface area contributed by atoms with Crippen molar-refractivity contribution in [3.05, 3.63) is 0 Å². The molecule has 2 aliphatic rings. The first kappa shape index (κ1) is 11.8. The molecule has 0 spiro atoms. The van der Waals surface area contributed by atoms with E-state index in [2.05, 4.69) is 12.2 Å². The van der Waals surface area contributed by atoms with Crippen molar-refractivity contribution in [1.82, 2.24) is 10.2 Å². The highest BCUT2D eigenvalue weighted by atomic mass is 16.6. The highest BCUT2D eigenvalue weighted by molar-refractivity contribution is 5.80. The maximum absolute atomic E-state index is 11.7. The van der Waals surface area contributed by atoms with E-state index in [1.54, 1.807) is 0 Å². The average molecular weight is 228 g/mol. The molecule has 5 nitrogen and oxygen atoms in total. The molecule has 5 heteroatoms. The fourth-order valence-corrected chi connectivity index (χ4v) is 2.21. The Labute approximate surface area is 96.1 Å². The molecule has 2 atom stereocenters. The predicted octanol–water partition coefficient (Wildman–Crippen LogP) is -0.0402. The molecule has 2 saturated heterocycles. The molecule has 2 rings (SSSR count). The molecule has 1 N–H and O–H groups in total. The third-order valence-electron chi connectivity index (χ3n) is 3.03. The van der Waals surface area contributed by atoms with Crippen LogP contribution >= 0.6 is 0 Å². The van der Waals surface area contributed by atoms with Gasteiger partial charge in [0.05, 0.1) is 45.2 Å². The lowest BCUT2D eigenvalue weighted by atomic mass is 10.2. The Morgan fingerprint density at radius 2 is 2.38 bits per heavy atom. The summed E-state index contributed by atoms with van der Waals surface area (Å²) >= 11 is 0. The van der Waals surface area contributed by atoms with Crippen LogP contribution in [0.2, 0.25) is 0 Å². The Morgan fingerprint density at radius 1 is 1.50 bits per heavy atom. The van der Waals surface area contributed by atoms with Gasteiger partial charge in [0.15, 0.2) is 0 Å². The second-order valence-electron chi connectivity index (χ2n) is 4.30. The average Bonchev–Trinajstić information content (AvgIpc) is 2.64. The molecule has 0 aromatic carbocycles. The summed E-state index contributed by atoms with van der Waals surface area (Å²) in [5.41, 5.74) is 0. The number of nitrogens with one attached hydrogen (secondary N) is 1. The number of nitrogens with zero attached hydrogens (tertiary/aromatic N) is 1. The first-order chi connectivity index (χ1) is 7.81. The molecular formula is C11H20N2O3. The minimum Gasteiger partial charge on any atom is -0.376 e. The molecule has 0 saturated carbocycles. The van der Waals surface area contributed by atoms with Crippen LogP contribution in [0, 0.1) is 0 Å². The summed E-state index contributed by atoms with van der Waals surface area (Å²) in [5.74, 6) is 0.174. The lowest BCUT2D eigenvalue weighted by Gasteiger charge is -2.30. The molecular weight excluding hydrogens is 208 g/mol. The van der Waals surface area contributed by atoms with Gasteiger partial charge in [0.2, 0.25) is 5.91 Å². The van der Waals surface area contributed by atoms with Gasteiger partial charge in [-0.25, -0.2) is 0 Å². The molecule has 2 fully saturated rings. The zero-order chi connectivity index (χ0) is 11.4. The van der Waals surface area contributed by atoms with Crippen molar-refractivity contribution < 1.29 is 14.3 Å². The van der Waals surface area contributed by atoms with Crippen LogP contribution in [0.5, 0.6) is 0 Å². The number of amides is 1. The van der Waals surface area contributed by atoms with Crippen molar-refractivity contribution in [2.45, 2.75) is 32.0 Å². The Bertz CT molecular complexity index is 241. The fraction of sp³-hybridized carbons (Fsp3) is 0.909. The zero-order valence-corrected chi connectivity index (χ0v) is 9.78. The van der Waals surface area contributed by atoms with Crippen LogP contribution < -0.4 is 5.32 Å². The van der Waals surface area contributed by atoms with Crippen LogP contribution in [-0.4, -0.2) is 56.0 Å². The van der Waals surface area contributed by atoms with Crippen molar-refractivity contribution in [3.8, 4) is 0 Å². The summed E-state index contributed by atoms with van der Waals surface area (Å²) in [6.45, 7) is 5.14. The van der Waals surface area contributed by atoms with Gasteiger partial charge in [0.1, 0.15) is 0 Å². The molecule has 0 aromatic heterocycles. The smallest absolute Gasteiger partial charge is 0.237 e. The Balaban J connectivity index is 1.87. The van der Waals surface area contributed by atoms with E-state index in [1.165, 1.54) is 0 Å². The van der Waals surface area contributed by atoms with Crippen LogP contribution in [0.25, 0.3) is 0 Å². The molecule has 0 bridgehead atoms. The summed E-state index contributed by atoms with van der Waals surface area (Å²) < 4.78 is 10.9. The van der Waals surface area contributed by atoms with E-state index < -0.39 is 0 Å². The Morgan fingerprint density at radius 3 is 3.06 bits per heavy atom. The molecule has 2 unspecified atom stereocenters. The summed E-state index contributed by atoms with van der Waals surface area (Å²) in [4.78, 5) is 13.6. The van der Waals surface area contributed by atoms with Gasteiger partial charge in [-0.15, -0.1) is 0 Å². The van der Waals surface area contributed by atoms with E-state index in [-0.39, 0.29) is 18.2 Å². The maximum Gasteiger partial charge on any atom is 0.237 e. The minimum atomic E-state index is 0.0388. The largest absolute Gasteiger partial charge is 0.376 e. The third-order valence-corrected chi connectivity index (χ3v) is 3.03. The van der Waals surface area contributed by atoms with Crippen LogP contribution in [0.1, 0.15) is 19.8 Å². The second-order valence-corrected chi connectivity index (χ2v) is 4.30. The summed E-state index contributed by atoms with van der Waals surface area (Å²) in [7, 11) is 0. The van der Waals surface area contributed by atoms with Crippen molar-refractivity contribution in [3.63, 3.8) is 0 Å².